The Morgan fingerprint density at radius 2 is 1.96 bits per heavy atom. The number of nitrogens with one attached hydrogen (secondary N) is 2. The van der Waals surface area contributed by atoms with Gasteiger partial charge in [-0.1, -0.05) is 43.2 Å². The van der Waals surface area contributed by atoms with Gasteiger partial charge in [0.1, 0.15) is 12.7 Å². The quantitative estimate of drug-likeness (QED) is 0.756. The summed E-state index contributed by atoms with van der Waals surface area (Å²) in [4.78, 5) is 28.3. The van der Waals surface area contributed by atoms with Crippen LogP contribution >= 0.6 is 0 Å². The third-order valence-electron chi connectivity index (χ3n) is 4.75. The molecule has 0 radical (unpaired) electrons. The predicted molar refractivity (Wildman–Crippen MR) is 96.9 cm³/mol. The molecule has 0 spiro atoms. The Morgan fingerprint density at radius 3 is 2.65 bits per heavy atom. The molecule has 1 aromatic heterocycles. The first-order valence-electron chi connectivity index (χ1n) is 9.17. The molecule has 1 saturated carbocycles. The van der Waals surface area contributed by atoms with Crippen molar-refractivity contribution >= 4 is 11.8 Å². The van der Waals surface area contributed by atoms with Crippen molar-refractivity contribution in [1.82, 2.24) is 25.4 Å². The zero-order valence-corrected chi connectivity index (χ0v) is 14.8. The van der Waals surface area contributed by atoms with Gasteiger partial charge in [0.25, 0.3) is 0 Å². The van der Waals surface area contributed by atoms with Gasteiger partial charge in [0.2, 0.25) is 11.8 Å². The Bertz CT molecular complexity index is 696. The van der Waals surface area contributed by atoms with E-state index in [0.29, 0.717) is 13.1 Å². The minimum atomic E-state index is -0.198. The SMILES string of the molecule is O=C(CCNC(=O)C1CCCC1)N[C@H](Cn1cncn1)c1ccccc1. The van der Waals surface area contributed by atoms with Crippen LogP contribution in [0.15, 0.2) is 43.0 Å². The molecule has 1 aliphatic carbocycles. The van der Waals surface area contributed by atoms with Gasteiger partial charge in [0, 0.05) is 18.9 Å². The summed E-state index contributed by atoms with van der Waals surface area (Å²) in [6.45, 7) is 0.871. The number of carbonyl (C=O) groups is 2. The van der Waals surface area contributed by atoms with E-state index in [2.05, 4.69) is 20.7 Å². The Labute approximate surface area is 153 Å². The monoisotopic (exact) mass is 355 g/mol. The molecule has 138 valence electrons. The number of hydrogen-bond acceptors (Lipinski definition) is 4. The average molecular weight is 355 g/mol. The molecule has 0 saturated heterocycles. The second-order valence-corrected chi connectivity index (χ2v) is 6.67. The third kappa shape index (κ3) is 5.15. The van der Waals surface area contributed by atoms with Crippen LogP contribution in [0.4, 0.5) is 0 Å². The lowest BCUT2D eigenvalue weighted by molar-refractivity contribution is -0.125. The van der Waals surface area contributed by atoms with Crippen LogP contribution in [-0.2, 0) is 16.1 Å². The van der Waals surface area contributed by atoms with Crippen LogP contribution in [-0.4, -0.2) is 33.1 Å². The van der Waals surface area contributed by atoms with E-state index in [0.717, 1.165) is 31.2 Å². The molecule has 1 aromatic carbocycles. The van der Waals surface area contributed by atoms with Gasteiger partial charge in [-0.25, -0.2) is 4.98 Å². The standard InChI is InChI=1S/C19H25N5O2/c25-18(10-11-21-19(26)16-8-4-5-9-16)23-17(12-24-14-20-13-22-24)15-6-2-1-3-7-15/h1-3,6-7,13-14,16-17H,4-5,8-12H2,(H,21,26)(H,23,25)/t17-/m1/s1. The topological polar surface area (TPSA) is 88.9 Å². The predicted octanol–water partition coefficient (Wildman–Crippen LogP) is 1.83. The Kier molecular flexibility index (Phi) is 6.35. The zero-order chi connectivity index (χ0) is 18.2. The fraction of sp³-hybridized carbons (Fsp3) is 0.474. The summed E-state index contributed by atoms with van der Waals surface area (Å²) in [5, 5.41) is 10.0. The van der Waals surface area contributed by atoms with E-state index in [9.17, 15) is 9.59 Å². The van der Waals surface area contributed by atoms with Gasteiger partial charge in [-0.3, -0.25) is 14.3 Å². The molecule has 7 heteroatoms. The van der Waals surface area contributed by atoms with Crippen molar-refractivity contribution in [2.75, 3.05) is 6.54 Å². The summed E-state index contributed by atoms with van der Waals surface area (Å²) in [6.07, 6.45) is 7.54. The molecular weight excluding hydrogens is 330 g/mol. The molecule has 0 aliphatic heterocycles. The first-order valence-corrected chi connectivity index (χ1v) is 9.17. The summed E-state index contributed by atoms with van der Waals surface area (Å²) in [7, 11) is 0. The van der Waals surface area contributed by atoms with E-state index >= 15 is 0 Å². The minimum absolute atomic E-state index is 0.0810. The fourth-order valence-electron chi connectivity index (χ4n) is 3.33. The molecule has 1 atom stereocenters. The molecule has 2 amide bonds. The maximum Gasteiger partial charge on any atom is 0.223 e. The lowest BCUT2D eigenvalue weighted by Gasteiger charge is -2.19. The van der Waals surface area contributed by atoms with Gasteiger partial charge < -0.3 is 10.6 Å². The number of rotatable bonds is 8. The number of carbonyl (C=O) groups excluding carboxylic acids is 2. The van der Waals surface area contributed by atoms with E-state index < -0.39 is 0 Å². The van der Waals surface area contributed by atoms with Crippen molar-refractivity contribution in [3.05, 3.63) is 48.5 Å². The van der Waals surface area contributed by atoms with Gasteiger partial charge in [-0.15, -0.1) is 0 Å². The average Bonchev–Trinajstić information content (AvgIpc) is 3.36. The summed E-state index contributed by atoms with van der Waals surface area (Å²) in [5.41, 5.74) is 1.01. The van der Waals surface area contributed by atoms with Gasteiger partial charge in [-0.05, 0) is 18.4 Å². The molecule has 2 aromatic rings. The number of nitrogens with zero attached hydrogens (tertiary/aromatic N) is 3. The molecule has 1 heterocycles. The Morgan fingerprint density at radius 1 is 1.19 bits per heavy atom. The van der Waals surface area contributed by atoms with E-state index in [1.807, 2.05) is 30.3 Å². The molecule has 3 rings (SSSR count). The number of hydrogen-bond donors (Lipinski definition) is 2. The normalized spacial score (nSPS) is 15.5. The maximum atomic E-state index is 12.4. The summed E-state index contributed by atoms with van der Waals surface area (Å²) >= 11 is 0. The third-order valence-corrected chi connectivity index (χ3v) is 4.75. The number of amides is 2. The molecule has 7 nitrogen and oxygen atoms in total. The minimum Gasteiger partial charge on any atom is -0.355 e. The fourth-order valence-corrected chi connectivity index (χ4v) is 3.33. The van der Waals surface area contributed by atoms with Crippen molar-refractivity contribution in [2.24, 2.45) is 5.92 Å². The van der Waals surface area contributed by atoms with Gasteiger partial charge in [-0.2, -0.15) is 5.10 Å². The lowest BCUT2D eigenvalue weighted by Crippen LogP contribution is -2.36. The van der Waals surface area contributed by atoms with Crippen LogP contribution in [0.2, 0.25) is 0 Å². The highest BCUT2D eigenvalue weighted by molar-refractivity contribution is 5.80. The molecule has 1 aliphatic rings. The van der Waals surface area contributed by atoms with Gasteiger partial charge >= 0.3 is 0 Å². The maximum absolute atomic E-state index is 12.4. The van der Waals surface area contributed by atoms with Crippen molar-refractivity contribution in [2.45, 2.75) is 44.7 Å². The van der Waals surface area contributed by atoms with Crippen molar-refractivity contribution in [3.8, 4) is 0 Å². The smallest absolute Gasteiger partial charge is 0.223 e. The summed E-state index contributed by atoms with van der Waals surface area (Å²) in [6, 6.07) is 9.58. The molecule has 0 bridgehead atoms. The molecular formula is C19H25N5O2. The van der Waals surface area contributed by atoms with E-state index in [-0.39, 0.29) is 30.2 Å². The molecule has 1 fully saturated rings. The molecule has 26 heavy (non-hydrogen) atoms. The molecule has 2 N–H and O–H groups in total. The first kappa shape index (κ1) is 18.1. The van der Waals surface area contributed by atoms with Gasteiger partial charge in [0.15, 0.2) is 0 Å². The van der Waals surface area contributed by atoms with E-state index in [1.165, 1.54) is 6.33 Å². The van der Waals surface area contributed by atoms with Crippen LogP contribution in [0.3, 0.4) is 0 Å². The first-order chi connectivity index (χ1) is 12.7. The van der Waals surface area contributed by atoms with E-state index in [1.54, 1.807) is 11.0 Å². The van der Waals surface area contributed by atoms with Crippen molar-refractivity contribution in [3.63, 3.8) is 0 Å². The Balaban J connectivity index is 1.51. The number of benzene rings is 1. The second-order valence-electron chi connectivity index (χ2n) is 6.67. The van der Waals surface area contributed by atoms with Crippen LogP contribution in [0.25, 0.3) is 0 Å². The highest BCUT2D eigenvalue weighted by Crippen LogP contribution is 2.24. The lowest BCUT2D eigenvalue weighted by atomic mass is 10.1. The van der Waals surface area contributed by atoms with E-state index in [4.69, 9.17) is 0 Å². The molecule has 0 unspecified atom stereocenters. The summed E-state index contributed by atoms with van der Waals surface area (Å²) < 4.78 is 1.69. The van der Waals surface area contributed by atoms with Crippen LogP contribution in [0, 0.1) is 5.92 Å². The largest absolute Gasteiger partial charge is 0.355 e. The highest BCUT2D eigenvalue weighted by Gasteiger charge is 2.22. The van der Waals surface area contributed by atoms with Crippen LogP contribution in [0.1, 0.15) is 43.7 Å². The second kappa shape index (κ2) is 9.12. The van der Waals surface area contributed by atoms with Crippen molar-refractivity contribution < 1.29 is 9.59 Å². The zero-order valence-electron chi connectivity index (χ0n) is 14.8. The Hall–Kier alpha value is -2.70. The highest BCUT2D eigenvalue weighted by atomic mass is 16.2. The van der Waals surface area contributed by atoms with Crippen LogP contribution < -0.4 is 10.6 Å². The van der Waals surface area contributed by atoms with Crippen molar-refractivity contribution in [1.29, 1.82) is 0 Å². The van der Waals surface area contributed by atoms with Crippen LogP contribution in [0.5, 0.6) is 0 Å². The number of aromatic nitrogens is 3. The van der Waals surface area contributed by atoms with Gasteiger partial charge in [0.05, 0.1) is 12.6 Å². The summed E-state index contributed by atoms with van der Waals surface area (Å²) in [5.74, 6) is 0.116.